The highest BCUT2D eigenvalue weighted by atomic mass is 79.9. The first-order valence-electron chi connectivity index (χ1n) is 6.69. The molecule has 0 saturated carbocycles. The first-order chi connectivity index (χ1) is 11.0. The van der Waals surface area contributed by atoms with Gasteiger partial charge in [-0.1, -0.05) is 18.2 Å². The largest absolute Gasteiger partial charge is 0.365 e. The van der Waals surface area contributed by atoms with Gasteiger partial charge in [-0.2, -0.15) is 0 Å². The average Bonchev–Trinajstić information content (AvgIpc) is 2.53. The summed E-state index contributed by atoms with van der Waals surface area (Å²) in [6, 6.07) is 10.4. The van der Waals surface area contributed by atoms with Gasteiger partial charge in [-0.05, 0) is 27.6 Å². The van der Waals surface area contributed by atoms with Crippen molar-refractivity contribution >= 4 is 38.3 Å². The first-order valence-corrected chi connectivity index (χ1v) is 7.48. The maximum absolute atomic E-state index is 11.7. The molecule has 0 fully saturated rings. The van der Waals surface area contributed by atoms with E-state index in [2.05, 4.69) is 31.2 Å². The van der Waals surface area contributed by atoms with Crippen LogP contribution in [-0.4, -0.2) is 14.9 Å². The Balaban J connectivity index is 1.89. The average molecular weight is 375 g/mol. The van der Waals surface area contributed by atoms with E-state index >= 15 is 0 Å². The van der Waals surface area contributed by atoms with Crippen LogP contribution >= 0.6 is 15.9 Å². The van der Waals surface area contributed by atoms with E-state index < -0.39 is 4.92 Å². The van der Waals surface area contributed by atoms with Gasteiger partial charge in [0, 0.05) is 29.6 Å². The number of fused-ring (bicyclic) bond motifs is 1. The number of nitrogens with zero attached hydrogens (tertiary/aromatic N) is 2. The van der Waals surface area contributed by atoms with Crippen molar-refractivity contribution in [3.8, 4) is 0 Å². The van der Waals surface area contributed by atoms with Crippen LogP contribution in [-0.2, 0) is 6.54 Å². The quantitative estimate of drug-likeness (QED) is 0.539. The summed E-state index contributed by atoms with van der Waals surface area (Å²) < 4.78 is 0.487. The zero-order valence-corrected chi connectivity index (χ0v) is 13.3. The molecule has 2 N–H and O–H groups in total. The second-order valence-electron chi connectivity index (χ2n) is 4.84. The van der Waals surface area contributed by atoms with Crippen molar-refractivity contribution in [2.45, 2.75) is 6.54 Å². The SMILES string of the molecule is O=c1cc(CNc2ncc([N+](=O)[O-])cc2Br)c2ccccc2[nH]1. The summed E-state index contributed by atoms with van der Waals surface area (Å²) in [5.41, 5.74) is 1.30. The third-order valence-electron chi connectivity index (χ3n) is 3.32. The number of hydrogen-bond acceptors (Lipinski definition) is 5. The molecular weight excluding hydrogens is 364 g/mol. The van der Waals surface area contributed by atoms with Crippen molar-refractivity contribution in [1.29, 1.82) is 0 Å². The lowest BCUT2D eigenvalue weighted by Gasteiger charge is -2.09. The van der Waals surface area contributed by atoms with Crippen LogP contribution < -0.4 is 10.9 Å². The minimum absolute atomic E-state index is 0.0935. The number of aromatic amines is 1. The monoisotopic (exact) mass is 374 g/mol. The molecule has 0 saturated heterocycles. The van der Waals surface area contributed by atoms with E-state index in [4.69, 9.17) is 0 Å². The van der Waals surface area contributed by atoms with Gasteiger partial charge in [0.25, 0.3) is 5.69 Å². The summed E-state index contributed by atoms with van der Waals surface area (Å²) in [7, 11) is 0. The number of para-hydroxylation sites is 1. The van der Waals surface area contributed by atoms with E-state index in [-0.39, 0.29) is 11.2 Å². The van der Waals surface area contributed by atoms with Crippen LogP contribution in [0.15, 0.2) is 51.9 Å². The Morgan fingerprint density at radius 2 is 2.09 bits per heavy atom. The summed E-state index contributed by atoms with van der Waals surface area (Å²) >= 11 is 3.26. The van der Waals surface area contributed by atoms with Crippen molar-refractivity contribution in [2.75, 3.05) is 5.32 Å². The summed E-state index contributed by atoms with van der Waals surface area (Å²) in [5.74, 6) is 0.472. The molecule has 0 aliphatic carbocycles. The Kier molecular flexibility index (Phi) is 4.07. The molecule has 0 atom stereocenters. The highest BCUT2D eigenvalue weighted by Gasteiger charge is 2.11. The molecule has 0 unspecified atom stereocenters. The third-order valence-corrected chi connectivity index (χ3v) is 3.92. The van der Waals surface area contributed by atoms with Gasteiger partial charge in [0.05, 0.1) is 9.40 Å². The van der Waals surface area contributed by atoms with Crippen LogP contribution in [0.25, 0.3) is 10.9 Å². The van der Waals surface area contributed by atoms with Gasteiger partial charge in [0.15, 0.2) is 0 Å². The topological polar surface area (TPSA) is 101 Å². The molecule has 0 aliphatic rings. The van der Waals surface area contributed by atoms with Gasteiger partial charge in [-0.15, -0.1) is 0 Å². The first kappa shape index (κ1) is 15.2. The van der Waals surface area contributed by atoms with Gasteiger partial charge in [-0.25, -0.2) is 4.98 Å². The third kappa shape index (κ3) is 3.21. The Labute approximate surface area is 138 Å². The number of halogens is 1. The van der Waals surface area contributed by atoms with Crippen LogP contribution in [0, 0.1) is 10.1 Å². The molecule has 8 heteroatoms. The second kappa shape index (κ2) is 6.17. The predicted molar refractivity (Wildman–Crippen MR) is 90.5 cm³/mol. The fourth-order valence-electron chi connectivity index (χ4n) is 2.26. The van der Waals surface area contributed by atoms with E-state index in [9.17, 15) is 14.9 Å². The standard InChI is InChI=1S/C15H11BrN4O3/c16-12-6-10(20(22)23)8-18-15(12)17-7-9-5-14(21)19-13-4-2-1-3-11(9)13/h1-6,8H,7H2,(H,17,18)(H,19,21). The fourth-order valence-corrected chi connectivity index (χ4v) is 2.74. The lowest BCUT2D eigenvalue weighted by molar-refractivity contribution is -0.385. The minimum Gasteiger partial charge on any atom is -0.365 e. The van der Waals surface area contributed by atoms with Crippen molar-refractivity contribution in [3.63, 3.8) is 0 Å². The Morgan fingerprint density at radius 3 is 2.83 bits per heavy atom. The number of nitro groups is 1. The van der Waals surface area contributed by atoms with Crippen molar-refractivity contribution in [3.05, 3.63) is 73.1 Å². The van der Waals surface area contributed by atoms with Crippen LogP contribution in [0.2, 0.25) is 0 Å². The van der Waals surface area contributed by atoms with E-state index in [0.29, 0.717) is 16.8 Å². The minimum atomic E-state index is -0.508. The fraction of sp³-hybridized carbons (Fsp3) is 0.0667. The maximum atomic E-state index is 11.7. The lowest BCUT2D eigenvalue weighted by atomic mass is 10.1. The molecule has 3 rings (SSSR count). The smallest absolute Gasteiger partial charge is 0.288 e. The van der Waals surface area contributed by atoms with Crippen molar-refractivity contribution < 1.29 is 4.92 Å². The molecule has 1 aromatic carbocycles. The number of H-pyrrole nitrogens is 1. The van der Waals surface area contributed by atoms with Crippen LogP contribution in [0.1, 0.15) is 5.56 Å². The number of hydrogen-bond donors (Lipinski definition) is 2. The summed E-state index contributed by atoms with van der Waals surface area (Å²) in [5, 5.41) is 14.7. The zero-order valence-electron chi connectivity index (χ0n) is 11.7. The summed E-state index contributed by atoms with van der Waals surface area (Å²) in [6.45, 7) is 0.369. The number of anilines is 1. The maximum Gasteiger partial charge on any atom is 0.288 e. The molecule has 116 valence electrons. The van der Waals surface area contributed by atoms with Crippen molar-refractivity contribution in [1.82, 2.24) is 9.97 Å². The summed E-state index contributed by atoms with van der Waals surface area (Å²) in [4.78, 5) is 28.7. The highest BCUT2D eigenvalue weighted by molar-refractivity contribution is 9.10. The molecule has 2 aromatic heterocycles. The number of pyridine rings is 2. The second-order valence-corrected chi connectivity index (χ2v) is 5.69. The van der Waals surface area contributed by atoms with Crippen molar-refractivity contribution in [2.24, 2.45) is 0 Å². The van der Waals surface area contributed by atoms with Gasteiger partial charge < -0.3 is 10.3 Å². The number of benzene rings is 1. The molecule has 23 heavy (non-hydrogen) atoms. The molecule has 3 aromatic rings. The van der Waals surface area contributed by atoms with E-state index in [1.807, 2.05) is 24.3 Å². The normalized spacial score (nSPS) is 10.7. The number of aromatic nitrogens is 2. The Morgan fingerprint density at radius 1 is 1.30 bits per heavy atom. The molecule has 0 amide bonds. The van der Waals surface area contributed by atoms with E-state index in [0.717, 1.165) is 16.5 Å². The predicted octanol–water partition coefficient (Wildman–Crippen LogP) is 3.21. The zero-order chi connectivity index (χ0) is 16.4. The molecular formula is C15H11BrN4O3. The van der Waals surface area contributed by atoms with Gasteiger partial charge >= 0.3 is 0 Å². The Bertz CT molecular complexity index is 955. The van der Waals surface area contributed by atoms with Crippen LogP contribution in [0.3, 0.4) is 0 Å². The molecule has 2 heterocycles. The van der Waals surface area contributed by atoms with E-state index in [1.165, 1.54) is 18.3 Å². The highest BCUT2D eigenvalue weighted by Crippen LogP contribution is 2.25. The van der Waals surface area contributed by atoms with Gasteiger partial charge in [0.1, 0.15) is 12.0 Å². The number of nitrogens with one attached hydrogen (secondary N) is 2. The molecule has 0 radical (unpaired) electrons. The van der Waals surface area contributed by atoms with Crippen LogP contribution in [0.4, 0.5) is 11.5 Å². The molecule has 0 bridgehead atoms. The molecule has 7 nitrogen and oxygen atoms in total. The molecule has 0 aliphatic heterocycles. The summed E-state index contributed by atoms with van der Waals surface area (Å²) in [6.07, 6.45) is 1.18. The van der Waals surface area contributed by atoms with Gasteiger partial charge in [-0.3, -0.25) is 14.9 Å². The van der Waals surface area contributed by atoms with Crippen LogP contribution in [0.5, 0.6) is 0 Å². The number of rotatable bonds is 4. The lowest BCUT2D eigenvalue weighted by Crippen LogP contribution is -2.10. The van der Waals surface area contributed by atoms with Gasteiger partial charge in [0.2, 0.25) is 5.56 Å². The Hall–Kier alpha value is -2.74. The molecule has 0 spiro atoms. The van der Waals surface area contributed by atoms with E-state index in [1.54, 1.807) is 0 Å².